The second-order valence-corrected chi connectivity index (χ2v) is 9.81. The maximum absolute atomic E-state index is 13.1. The molecule has 9 heteroatoms. The highest BCUT2D eigenvalue weighted by molar-refractivity contribution is 5.84. The summed E-state index contributed by atoms with van der Waals surface area (Å²) < 4.78 is 11.6. The van der Waals surface area contributed by atoms with Crippen LogP contribution >= 0.6 is 0 Å². The predicted octanol–water partition coefficient (Wildman–Crippen LogP) is 4.72. The third-order valence-corrected chi connectivity index (χ3v) is 7.10. The van der Waals surface area contributed by atoms with E-state index in [2.05, 4.69) is 32.4 Å². The molecule has 3 aromatic rings. The lowest BCUT2D eigenvalue weighted by molar-refractivity contribution is -0.127. The lowest BCUT2D eigenvalue weighted by Crippen LogP contribution is -2.40. The monoisotopic (exact) mass is 507 g/mol. The summed E-state index contributed by atoms with van der Waals surface area (Å²) >= 11 is 0. The van der Waals surface area contributed by atoms with Gasteiger partial charge in [0.05, 0.1) is 12.6 Å². The number of nitrogens with zero attached hydrogens (tertiary/aromatic N) is 4. The first-order valence-corrected chi connectivity index (χ1v) is 13.3. The predicted molar refractivity (Wildman–Crippen MR) is 141 cm³/mol. The molecule has 0 radical (unpaired) electrons. The van der Waals surface area contributed by atoms with E-state index in [1.54, 1.807) is 7.11 Å². The second-order valence-electron chi connectivity index (χ2n) is 9.81. The van der Waals surface area contributed by atoms with Crippen molar-refractivity contribution in [2.24, 2.45) is 5.92 Å². The van der Waals surface area contributed by atoms with Crippen molar-refractivity contribution in [3.05, 3.63) is 36.2 Å². The number of fused-ring (bicyclic) bond motifs is 1. The number of methoxy groups -OCH3 is 1. The van der Waals surface area contributed by atoms with Crippen molar-refractivity contribution in [3.8, 4) is 17.3 Å². The van der Waals surface area contributed by atoms with Gasteiger partial charge in [0.1, 0.15) is 17.4 Å². The maximum Gasteiger partial charge on any atom is 0.253 e. The van der Waals surface area contributed by atoms with Crippen molar-refractivity contribution in [3.63, 3.8) is 0 Å². The number of hydrogen-bond donors (Lipinski definition) is 1. The molecule has 4 rings (SSSR count). The van der Waals surface area contributed by atoms with Crippen molar-refractivity contribution in [2.75, 3.05) is 27.2 Å². The van der Waals surface area contributed by atoms with Crippen LogP contribution in [0.3, 0.4) is 0 Å². The minimum Gasteiger partial charge on any atom is -0.480 e. The Bertz CT molecular complexity index is 1200. The van der Waals surface area contributed by atoms with Crippen molar-refractivity contribution < 1.29 is 18.7 Å². The van der Waals surface area contributed by atoms with Crippen molar-refractivity contribution in [2.45, 2.75) is 64.3 Å². The third kappa shape index (κ3) is 6.91. The molecular formula is C28H37N5O4. The molecule has 0 aliphatic carbocycles. The number of nitrogens with one attached hydrogen (secondary N) is 1. The Labute approximate surface area is 218 Å². The molecule has 37 heavy (non-hydrogen) atoms. The quantitative estimate of drug-likeness (QED) is 0.351. The van der Waals surface area contributed by atoms with Crippen LogP contribution in [0.1, 0.15) is 70.2 Å². The van der Waals surface area contributed by atoms with Gasteiger partial charge in [0.25, 0.3) is 5.89 Å². The Morgan fingerprint density at radius 1 is 1.16 bits per heavy atom. The number of benzene rings is 1. The highest BCUT2D eigenvalue weighted by Gasteiger charge is 2.28. The van der Waals surface area contributed by atoms with Crippen molar-refractivity contribution >= 4 is 22.6 Å². The van der Waals surface area contributed by atoms with Gasteiger partial charge in [-0.25, -0.2) is 4.98 Å². The summed E-state index contributed by atoms with van der Waals surface area (Å²) in [4.78, 5) is 31.6. The molecule has 1 aromatic carbocycles. The molecule has 1 atom stereocenters. The lowest BCUT2D eigenvalue weighted by atomic mass is 9.95. The van der Waals surface area contributed by atoms with Crippen LogP contribution in [0, 0.1) is 5.92 Å². The number of Topliss-reactive ketones (excluding diaryl/α,β-unsaturated/α-hetero) is 1. The number of ketones is 1. The van der Waals surface area contributed by atoms with E-state index in [1.807, 2.05) is 37.3 Å². The average Bonchev–Trinajstić information content (AvgIpc) is 3.41. The van der Waals surface area contributed by atoms with E-state index in [1.165, 1.54) is 0 Å². The summed E-state index contributed by atoms with van der Waals surface area (Å²) in [5.74, 6) is 1.37. The molecular weight excluding hydrogens is 470 g/mol. The highest BCUT2D eigenvalue weighted by atomic mass is 16.5. The number of para-hydroxylation sites is 1. The first kappa shape index (κ1) is 26.7. The topological polar surface area (TPSA) is 110 Å². The number of ether oxygens (including phenoxy) is 1. The van der Waals surface area contributed by atoms with E-state index in [4.69, 9.17) is 9.15 Å². The van der Waals surface area contributed by atoms with E-state index >= 15 is 0 Å². The van der Waals surface area contributed by atoms with Gasteiger partial charge in [0.2, 0.25) is 17.7 Å². The molecule has 9 nitrogen and oxygen atoms in total. The Morgan fingerprint density at radius 2 is 1.95 bits per heavy atom. The van der Waals surface area contributed by atoms with Gasteiger partial charge in [0, 0.05) is 24.1 Å². The van der Waals surface area contributed by atoms with E-state index in [9.17, 15) is 9.59 Å². The van der Waals surface area contributed by atoms with E-state index in [0.717, 1.165) is 56.1 Å². The summed E-state index contributed by atoms with van der Waals surface area (Å²) in [7, 11) is 3.64. The van der Waals surface area contributed by atoms with Crippen LogP contribution in [-0.4, -0.2) is 59.0 Å². The summed E-state index contributed by atoms with van der Waals surface area (Å²) in [6.45, 7) is 3.71. The van der Waals surface area contributed by atoms with Crippen molar-refractivity contribution in [1.29, 1.82) is 0 Å². The third-order valence-electron chi connectivity index (χ3n) is 7.10. The molecule has 1 aliphatic rings. The molecule has 1 N–H and O–H groups in total. The van der Waals surface area contributed by atoms with Gasteiger partial charge >= 0.3 is 0 Å². The molecule has 0 spiro atoms. The highest BCUT2D eigenvalue weighted by Crippen LogP contribution is 2.32. The normalized spacial score (nSPS) is 15.5. The summed E-state index contributed by atoms with van der Waals surface area (Å²) in [6.07, 6.45) is 6.09. The van der Waals surface area contributed by atoms with Crippen LogP contribution in [0.15, 0.2) is 34.7 Å². The van der Waals surface area contributed by atoms with Crippen LogP contribution in [0.2, 0.25) is 0 Å². The number of likely N-dealkylation sites (tertiary alicyclic amines) is 1. The number of amides is 1. The van der Waals surface area contributed by atoms with Gasteiger partial charge < -0.3 is 19.4 Å². The van der Waals surface area contributed by atoms with Gasteiger partial charge in [0.15, 0.2) is 0 Å². The average molecular weight is 508 g/mol. The Hall–Kier alpha value is -3.33. The van der Waals surface area contributed by atoms with Gasteiger partial charge in [-0.15, -0.1) is 10.2 Å². The SMILES string of the molecule is CCC(=O)CCCCCC(NC(=O)C1CCN(C)CC1)c1nnc(-c2cc3ccccc3nc2OC)o1. The Kier molecular flexibility index (Phi) is 9.22. The van der Waals surface area contributed by atoms with E-state index in [0.29, 0.717) is 42.5 Å². The molecule has 2 aromatic heterocycles. The molecule has 1 unspecified atom stereocenters. The van der Waals surface area contributed by atoms with Gasteiger partial charge in [-0.2, -0.15) is 0 Å². The van der Waals surface area contributed by atoms with Crippen LogP contribution in [0.4, 0.5) is 0 Å². The molecule has 0 bridgehead atoms. The molecule has 198 valence electrons. The zero-order chi connectivity index (χ0) is 26.2. The molecule has 1 saturated heterocycles. The molecule has 1 fully saturated rings. The minimum absolute atomic E-state index is 0.0203. The van der Waals surface area contributed by atoms with Gasteiger partial charge in [-0.1, -0.05) is 38.0 Å². The summed E-state index contributed by atoms with van der Waals surface area (Å²) in [5.41, 5.74) is 1.42. The van der Waals surface area contributed by atoms with Gasteiger partial charge in [-0.3, -0.25) is 9.59 Å². The standard InChI is InChI=1S/C28H37N5O4/c1-4-21(34)11-6-5-7-13-24(29-25(35)19-14-16-33(2)17-15-19)28-32-31-27(37-28)22-18-20-10-8-9-12-23(20)30-26(22)36-3/h8-10,12,18-19,24H,4-7,11,13-17H2,1-3H3,(H,29,35). The number of unbranched alkanes of at least 4 members (excludes halogenated alkanes) is 2. The van der Waals surface area contributed by atoms with Crippen LogP contribution in [-0.2, 0) is 9.59 Å². The Balaban J connectivity index is 1.51. The number of pyridine rings is 1. The summed E-state index contributed by atoms with van der Waals surface area (Å²) in [6, 6.07) is 9.29. The largest absolute Gasteiger partial charge is 0.480 e. The molecule has 1 aliphatic heterocycles. The van der Waals surface area contributed by atoms with E-state index in [-0.39, 0.29) is 17.6 Å². The van der Waals surface area contributed by atoms with Crippen LogP contribution in [0.5, 0.6) is 5.88 Å². The first-order valence-electron chi connectivity index (χ1n) is 13.3. The van der Waals surface area contributed by atoms with Crippen LogP contribution < -0.4 is 10.1 Å². The Morgan fingerprint density at radius 3 is 2.70 bits per heavy atom. The first-order chi connectivity index (χ1) is 18.0. The fourth-order valence-electron chi connectivity index (χ4n) is 4.73. The summed E-state index contributed by atoms with van der Waals surface area (Å²) in [5, 5.41) is 12.7. The zero-order valence-electron chi connectivity index (χ0n) is 22.0. The molecule has 3 heterocycles. The second kappa shape index (κ2) is 12.8. The van der Waals surface area contributed by atoms with Crippen molar-refractivity contribution in [1.82, 2.24) is 25.4 Å². The fourth-order valence-corrected chi connectivity index (χ4v) is 4.73. The molecule has 0 saturated carbocycles. The lowest BCUT2D eigenvalue weighted by Gasteiger charge is -2.29. The van der Waals surface area contributed by atoms with E-state index < -0.39 is 6.04 Å². The minimum atomic E-state index is -0.394. The number of piperidine rings is 1. The zero-order valence-corrected chi connectivity index (χ0v) is 22.0. The van der Waals surface area contributed by atoms with Crippen LogP contribution in [0.25, 0.3) is 22.4 Å². The number of hydrogen-bond acceptors (Lipinski definition) is 8. The number of rotatable bonds is 12. The smallest absolute Gasteiger partial charge is 0.253 e. The molecule has 1 amide bonds. The number of aromatic nitrogens is 3. The maximum atomic E-state index is 13.1. The number of carbonyl (C=O) groups is 2. The fraction of sp³-hybridized carbons (Fsp3) is 0.536. The van der Waals surface area contributed by atoms with Gasteiger partial charge in [-0.05, 0) is 58.0 Å². The number of carbonyl (C=O) groups excluding carboxylic acids is 2.